The van der Waals surface area contributed by atoms with E-state index in [4.69, 9.17) is 24.5 Å². The fraction of sp³-hybridized carbons (Fsp3) is 0.368. The van der Waals surface area contributed by atoms with Crippen molar-refractivity contribution < 1.29 is 29.0 Å². The summed E-state index contributed by atoms with van der Waals surface area (Å²) in [6, 6.07) is 8.40. The lowest BCUT2D eigenvalue weighted by Gasteiger charge is -2.34. The Labute approximate surface area is 153 Å². The molecule has 0 aliphatic carbocycles. The van der Waals surface area contributed by atoms with Gasteiger partial charge in [-0.15, -0.1) is 0 Å². The number of aliphatic carboxylic acids is 2. The summed E-state index contributed by atoms with van der Waals surface area (Å²) in [6.07, 6.45) is 7.65. The largest absolute Gasteiger partial charge is 0.473 e. The summed E-state index contributed by atoms with van der Waals surface area (Å²) < 4.78 is 6.88. The summed E-state index contributed by atoms with van der Waals surface area (Å²) in [4.78, 5) is 20.5. The molecular weight excluding hydrogens is 336 g/mol. The number of carbonyl (C=O) groups is 2. The van der Waals surface area contributed by atoms with Gasteiger partial charge in [-0.3, -0.25) is 4.48 Å². The van der Waals surface area contributed by atoms with Gasteiger partial charge in [0.2, 0.25) is 0 Å². The van der Waals surface area contributed by atoms with E-state index >= 15 is 0 Å². The topological polar surface area (TPSA) is 87.1 Å². The van der Waals surface area contributed by atoms with E-state index in [-0.39, 0.29) is 0 Å². The van der Waals surface area contributed by atoms with Gasteiger partial charge < -0.3 is 19.8 Å². The van der Waals surface area contributed by atoms with Gasteiger partial charge in [0.1, 0.15) is 18.8 Å². The van der Waals surface area contributed by atoms with Crippen molar-refractivity contribution >= 4 is 11.9 Å². The second-order valence-corrected chi connectivity index (χ2v) is 6.65. The minimum Gasteiger partial charge on any atom is -0.473 e. The Bertz CT molecular complexity index is 714. The number of para-hydroxylation sites is 1. The maximum atomic E-state index is 9.10. The number of nitrogens with zero attached hydrogens (tertiary/aromatic N) is 2. The number of hydrogen-bond acceptors (Lipinski definition) is 4. The van der Waals surface area contributed by atoms with Gasteiger partial charge >= 0.3 is 11.9 Å². The fourth-order valence-electron chi connectivity index (χ4n) is 3.13. The van der Waals surface area contributed by atoms with Crippen molar-refractivity contribution in [1.29, 1.82) is 0 Å². The molecule has 0 spiro atoms. The average molecular weight is 361 g/mol. The third kappa shape index (κ3) is 4.93. The Hall–Kier alpha value is -2.64. The smallest absolute Gasteiger partial charge is 0.414 e. The summed E-state index contributed by atoms with van der Waals surface area (Å²) in [6.45, 7) is 4.41. The lowest BCUT2D eigenvalue weighted by Crippen LogP contribution is -2.44. The van der Waals surface area contributed by atoms with Crippen molar-refractivity contribution in [3.05, 3.63) is 53.9 Å². The van der Waals surface area contributed by atoms with Gasteiger partial charge in [0.05, 0.1) is 6.54 Å². The minimum atomic E-state index is -1.82. The molecule has 0 aromatic heterocycles. The van der Waals surface area contributed by atoms with Crippen LogP contribution in [-0.2, 0) is 16.1 Å². The highest BCUT2D eigenvalue weighted by Gasteiger charge is 2.37. The van der Waals surface area contributed by atoms with E-state index in [2.05, 4.69) is 49.3 Å². The van der Waals surface area contributed by atoms with Crippen LogP contribution < -0.4 is 4.74 Å². The molecule has 0 amide bonds. The number of fused-ring (bicyclic) bond motifs is 2. The van der Waals surface area contributed by atoms with E-state index in [9.17, 15) is 0 Å². The maximum absolute atomic E-state index is 9.10. The minimum absolute atomic E-state index is 1.00. The normalized spacial score (nSPS) is 20.0. The molecule has 26 heavy (non-hydrogen) atoms. The van der Waals surface area contributed by atoms with Crippen molar-refractivity contribution in [3.63, 3.8) is 0 Å². The fourth-order valence-corrected chi connectivity index (χ4v) is 3.13. The van der Waals surface area contributed by atoms with Crippen LogP contribution in [0.1, 0.15) is 12.0 Å². The molecule has 7 nitrogen and oxygen atoms in total. The zero-order valence-corrected chi connectivity index (χ0v) is 15.1. The van der Waals surface area contributed by atoms with Crippen LogP contribution in [0.3, 0.4) is 0 Å². The third-order valence-corrected chi connectivity index (χ3v) is 4.42. The SMILES string of the molecule is CN(C)CCC[N+]12CC=CC1=COc1ccccc1C2.O=C(O)C(=O)O. The number of allylic oxidation sites excluding steroid dienone is 1. The first-order valence-electron chi connectivity index (χ1n) is 8.43. The monoisotopic (exact) mass is 361 g/mol. The maximum Gasteiger partial charge on any atom is 0.414 e. The molecule has 1 aromatic carbocycles. The lowest BCUT2D eigenvalue weighted by molar-refractivity contribution is -0.893. The van der Waals surface area contributed by atoms with Crippen LogP contribution in [0, 0.1) is 0 Å². The van der Waals surface area contributed by atoms with Crippen LogP contribution >= 0.6 is 0 Å². The molecule has 2 N–H and O–H groups in total. The van der Waals surface area contributed by atoms with E-state index in [1.54, 1.807) is 0 Å². The quantitative estimate of drug-likeness (QED) is 0.629. The van der Waals surface area contributed by atoms with Crippen molar-refractivity contribution in [2.75, 3.05) is 33.7 Å². The first kappa shape index (κ1) is 19.7. The zero-order valence-electron chi connectivity index (χ0n) is 15.1. The van der Waals surface area contributed by atoms with Crippen LogP contribution in [0.15, 0.2) is 48.4 Å². The van der Waals surface area contributed by atoms with Gasteiger partial charge in [0.15, 0.2) is 12.0 Å². The molecule has 2 aliphatic rings. The lowest BCUT2D eigenvalue weighted by atomic mass is 10.1. The number of carboxylic acid groups (broad SMARTS) is 2. The molecule has 140 valence electrons. The van der Waals surface area contributed by atoms with Crippen LogP contribution in [0.4, 0.5) is 0 Å². The summed E-state index contributed by atoms with van der Waals surface area (Å²) in [5, 5.41) is 14.8. The van der Waals surface area contributed by atoms with Crippen LogP contribution in [-0.4, -0.2) is 65.3 Å². The standard InChI is InChI=1S/C17H23N2O.C2H2O4/c1-18(2)10-6-12-19-11-5-8-16(19)14-20-17-9-4-3-7-15(17)13-19;3-1(4)2(5)6/h3-5,7-9,14H,6,10-13H2,1-2H3;(H,3,4)(H,5,6)/q+1;. The van der Waals surface area contributed by atoms with Crippen molar-refractivity contribution in [2.45, 2.75) is 13.0 Å². The first-order valence-corrected chi connectivity index (χ1v) is 8.43. The average Bonchev–Trinajstić information content (AvgIpc) is 2.90. The molecule has 1 unspecified atom stereocenters. The predicted octanol–water partition coefficient (Wildman–Crippen LogP) is 1.91. The molecule has 3 rings (SSSR count). The second-order valence-electron chi connectivity index (χ2n) is 6.65. The molecule has 0 saturated heterocycles. The molecule has 7 heteroatoms. The van der Waals surface area contributed by atoms with Gasteiger partial charge in [0.25, 0.3) is 0 Å². The zero-order chi connectivity index (χ0) is 19.2. The molecule has 0 saturated carbocycles. The van der Waals surface area contributed by atoms with Crippen LogP contribution in [0.25, 0.3) is 0 Å². The highest BCUT2D eigenvalue weighted by atomic mass is 16.5. The Kier molecular flexibility index (Phi) is 6.54. The summed E-state index contributed by atoms with van der Waals surface area (Å²) in [5.41, 5.74) is 2.62. The van der Waals surface area contributed by atoms with Crippen molar-refractivity contribution in [2.24, 2.45) is 0 Å². The molecule has 1 atom stereocenters. The van der Waals surface area contributed by atoms with E-state index in [0.29, 0.717) is 0 Å². The number of ether oxygens (including phenoxy) is 1. The molecule has 1 aromatic rings. The number of quaternary nitrogens is 1. The van der Waals surface area contributed by atoms with Crippen molar-refractivity contribution in [1.82, 2.24) is 4.90 Å². The summed E-state index contributed by atoms with van der Waals surface area (Å²) in [7, 11) is 4.28. The first-order chi connectivity index (χ1) is 12.3. The van der Waals surface area contributed by atoms with Gasteiger partial charge in [0, 0.05) is 24.6 Å². The van der Waals surface area contributed by atoms with E-state index in [1.165, 1.54) is 17.7 Å². The number of benzene rings is 1. The number of rotatable bonds is 4. The molecule has 0 bridgehead atoms. The van der Waals surface area contributed by atoms with Crippen LogP contribution in [0.2, 0.25) is 0 Å². The predicted molar refractivity (Wildman–Crippen MR) is 96.4 cm³/mol. The number of carboxylic acids is 2. The number of hydrogen-bond donors (Lipinski definition) is 2. The van der Waals surface area contributed by atoms with E-state index in [1.807, 2.05) is 12.3 Å². The molecule has 0 fully saturated rings. The highest BCUT2D eigenvalue weighted by Crippen LogP contribution is 2.35. The third-order valence-electron chi connectivity index (χ3n) is 4.42. The van der Waals surface area contributed by atoms with Crippen LogP contribution in [0.5, 0.6) is 5.75 Å². The molecule has 0 radical (unpaired) electrons. The van der Waals surface area contributed by atoms with Gasteiger partial charge in [-0.25, -0.2) is 9.59 Å². The Morgan fingerprint density at radius 1 is 1.19 bits per heavy atom. The summed E-state index contributed by atoms with van der Waals surface area (Å²) >= 11 is 0. The Morgan fingerprint density at radius 3 is 2.54 bits per heavy atom. The molecule has 2 aliphatic heterocycles. The van der Waals surface area contributed by atoms with Gasteiger partial charge in [-0.2, -0.15) is 0 Å². The van der Waals surface area contributed by atoms with E-state index < -0.39 is 11.9 Å². The van der Waals surface area contributed by atoms with E-state index in [0.717, 1.165) is 36.4 Å². The van der Waals surface area contributed by atoms with Gasteiger partial charge in [-0.05, 0) is 32.3 Å². The molecule has 2 heterocycles. The summed E-state index contributed by atoms with van der Waals surface area (Å²) in [5.74, 6) is -2.64. The Morgan fingerprint density at radius 2 is 1.88 bits per heavy atom. The van der Waals surface area contributed by atoms with Gasteiger partial charge in [-0.1, -0.05) is 12.1 Å². The molecular formula is C19H25N2O5+. The van der Waals surface area contributed by atoms with Crippen molar-refractivity contribution in [3.8, 4) is 5.75 Å². The Balaban J connectivity index is 0.000000352. The highest BCUT2D eigenvalue weighted by molar-refractivity contribution is 6.27. The second kappa shape index (κ2) is 8.64.